The molecule has 0 saturated carbocycles. The Labute approximate surface area is 181 Å². The molecule has 0 bridgehead atoms. The van der Waals surface area contributed by atoms with E-state index in [1.54, 1.807) is 18.2 Å². The van der Waals surface area contributed by atoms with Crippen LogP contribution in [-0.4, -0.2) is 29.9 Å². The number of amides is 2. The molecule has 0 aliphatic carbocycles. The molecule has 31 heavy (non-hydrogen) atoms. The summed E-state index contributed by atoms with van der Waals surface area (Å²) >= 11 is 0. The van der Waals surface area contributed by atoms with E-state index in [0.717, 1.165) is 29.7 Å². The number of anilines is 1. The van der Waals surface area contributed by atoms with Gasteiger partial charge >= 0.3 is 0 Å². The zero-order valence-electron chi connectivity index (χ0n) is 17.8. The number of hydrogen-bond donors (Lipinski definition) is 1. The molecule has 160 valence electrons. The number of likely N-dealkylation sites (tertiary alicyclic amines) is 1. The second-order valence-electron chi connectivity index (χ2n) is 7.62. The Bertz CT molecular complexity index is 1060. The Morgan fingerprint density at radius 1 is 1.16 bits per heavy atom. The van der Waals surface area contributed by atoms with Crippen molar-refractivity contribution in [1.82, 2.24) is 4.90 Å². The molecule has 3 aromatic rings. The van der Waals surface area contributed by atoms with Crippen molar-refractivity contribution in [2.24, 2.45) is 0 Å². The van der Waals surface area contributed by atoms with Gasteiger partial charge in [0.1, 0.15) is 5.75 Å². The fourth-order valence-corrected chi connectivity index (χ4v) is 3.96. The van der Waals surface area contributed by atoms with Crippen LogP contribution in [0.5, 0.6) is 5.75 Å². The molecule has 6 nitrogen and oxygen atoms in total. The largest absolute Gasteiger partial charge is 0.494 e. The van der Waals surface area contributed by atoms with E-state index in [-0.39, 0.29) is 23.6 Å². The van der Waals surface area contributed by atoms with E-state index >= 15 is 0 Å². The molecule has 6 heteroatoms. The zero-order valence-corrected chi connectivity index (χ0v) is 17.8. The van der Waals surface area contributed by atoms with Gasteiger partial charge in [0.15, 0.2) is 5.76 Å². The topological polar surface area (TPSA) is 71.8 Å². The van der Waals surface area contributed by atoms with Crippen molar-refractivity contribution in [3.8, 4) is 5.75 Å². The van der Waals surface area contributed by atoms with E-state index in [9.17, 15) is 9.59 Å². The molecule has 1 N–H and O–H groups in total. The molecule has 1 aliphatic rings. The second kappa shape index (κ2) is 9.08. The van der Waals surface area contributed by atoms with Crippen molar-refractivity contribution in [3.05, 3.63) is 83.3 Å². The third-order valence-corrected chi connectivity index (χ3v) is 5.57. The third-order valence-electron chi connectivity index (χ3n) is 5.57. The van der Waals surface area contributed by atoms with Crippen LogP contribution in [-0.2, 0) is 0 Å². The summed E-state index contributed by atoms with van der Waals surface area (Å²) in [5.74, 6) is 0.680. The Morgan fingerprint density at radius 3 is 2.68 bits per heavy atom. The number of nitrogens with zero attached hydrogens (tertiary/aromatic N) is 1. The highest BCUT2D eigenvalue weighted by molar-refractivity contribution is 6.04. The standard InChI is InChI=1S/C25H26N2O4/c1-3-30-20-12-10-18(11-13-20)22-6-4-14-27(22)25(29)19-9-8-17(2)21(16-19)26-24(28)23-7-5-15-31-23/h5,7-13,15-16,22H,3-4,6,14H2,1-2H3,(H,26,28)/t22-/m0/s1. The van der Waals surface area contributed by atoms with Crippen LogP contribution in [0, 0.1) is 6.92 Å². The van der Waals surface area contributed by atoms with E-state index < -0.39 is 0 Å². The number of nitrogens with one attached hydrogen (secondary N) is 1. The first-order valence-corrected chi connectivity index (χ1v) is 10.6. The highest BCUT2D eigenvalue weighted by atomic mass is 16.5. The van der Waals surface area contributed by atoms with Crippen LogP contribution in [0.15, 0.2) is 65.3 Å². The number of benzene rings is 2. The summed E-state index contributed by atoms with van der Waals surface area (Å²) in [7, 11) is 0. The minimum absolute atomic E-state index is 0.0330. The first kappa shape index (κ1) is 20.7. The maximum atomic E-state index is 13.3. The SMILES string of the molecule is CCOc1ccc([C@@H]2CCCN2C(=O)c2ccc(C)c(NC(=O)c3ccco3)c2)cc1. The molecular formula is C25H26N2O4. The zero-order chi connectivity index (χ0) is 21.8. The lowest BCUT2D eigenvalue weighted by molar-refractivity contribution is 0.0735. The molecule has 2 heterocycles. The first-order valence-electron chi connectivity index (χ1n) is 10.6. The normalized spacial score (nSPS) is 15.7. The molecule has 1 aliphatic heterocycles. The summed E-state index contributed by atoms with van der Waals surface area (Å²) in [6.45, 7) is 5.18. The van der Waals surface area contributed by atoms with Gasteiger partial charge in [-0.05, 0) is 74.2 Å². The monoisotopic (exact) mass is 418 g/mol. The predicted molar refractivity (Wildman–Crippen MR) is 118 cm³/mol. The van der Waals surface area contributed by atoms with Gasteiger partial charge in [-0.3, -0.25) is 9.59 Å². The average molecular weight is 418 g/mol. The minimum atomic E-state index is -0.342. The molecule has 1 saturated heterocycles. The Hall–Kier alpha value is -3.54. The maximum Gasteiger partial charge on any atom is 0.291 e. The highest BCUT2D eigenvalue weighted by Crippen LogP contribution is 2.34. The summed E-state index contributed by atoms with van der Waals surface area (Å²) in [5, 5.41) is 2.84. The molecule has 0 radical (unpaired) electrons. The Kier molecular flexibility index (Phi) is 6.07. The van der Waals surface area contributed by atoms with Gasteiger partial charge in [-0.15, -0.1) is 0 Å². The van der Waals surface area contributed by atoms with E-state index in [0.29, 0.717) is 24.4 Å². The van der Waals surface area contributed by atoms with Gasteiger partial charge in [-0.1, -0.05) is 18.2 Å². The minimum Gasteiger partial charge on any atom is -0.494 e. The van der Waals surface area contributed by atoms with E-state index in [4.69, 9.17) is 9.15 Å². The van der Waals surface area contributed by atoms with Crippen molar-refractivity contribution in [3.63, 3.8) is 0 Å². The van der Waals surface area contributed by atoms with Crippen LogP contribution in [0.3, 0.4) is 0 Å². The van der Waals surface area contributed by atoms with E-state index in [2.05, 4.69) is 5.32 Å². The number of ether oxygens (including phenoxy) is 1. The number of aryl methyl sites for hydroxylation is 1. The third kappa shape index (κ3) is 4.48. The molecule has 1 atom stereocenters. The maximum absolute atomic E-state index is 13.3. The summed E-state index contributed by atoms with van der Waals surface area (Å²) in [6, 6.07) is 16.7. The molecular weight excluding hydrogens is 392 g/mol. The van der Waals surface area contributed by atoms with Crippen LogP contribution in [0.2, 0.25) is 0 Å². The highest BCUT2D eigenvalue weighted by Gasteiger charge is 2.31. The fourth-order valence-electron chi connectivity index (χ4n) is 3.96. The lowest BCUT2D eigenvalue weighted by atomic mass is 10.0. The van der Waals surface area contributed by atoms with Crippen molar-refractivity contribution in [1.29, 1.82) is 0 Å². The summed E-state index contributed by atoms with van der Waals surface area (Å²) in [6.07, 6.45) is 3.33. The summed E-state index contributed by atoms with van der Waals surface area (Å²) in [4.78, 5) is 27.6. The van der Waals surface area contributed by atoms with Crippen LogP contribution in [0.25, 0.3) is 0 Å². The van der Waals surface area contributed by atoms with Gasteiger partial charge in [0.05, 0.1) is 18.9 Å². The lowest BCUT2D eigenvalue weighted by Crippen LogP contribution is -2.30. The number of rotatable bonds is 6. The molecule has 0 spiro atoms. The first-order chi connectivity index (χ1) is 15.1. The van der Waals surface area contributed by atoms with E-state index in [1.807, 2.05) is 55.1 Å². The van der Waals surface area contributed by atoms with Crippen LogP contribution < -0.4 is 10.1 Å². The Balaban J connectivity index is 1.53. The van der Waals surface area contributed by atoms with Crippen molar-refractivity contribution in [2.45, 2.75) is 32.7 Å². The predicted octanol–water partition coefficient (Wildman–Crippen LogP) is 5.22. The smallest absolute Gasteiger partial charge is 0.291 e. The molecule has 1 aromatic heterocycles. The number of furan rings is 1. The molecule has 4 rings (SSSR count). The number of hydrogen-bond acceptors (Lipinski definition) is 4. The summed E-state index contributed by atoms with van der Waals surface area (Å²) < 4.78 is 10.7. The van der Waals surface area contributed by atoms with Gasteiger partial charge in [0.2, 0.25) is 0 Å². The fraction of sp³-hybridized carbons (Fsp3) is 0.280. The Morgan fingerprint density at radius 2 is 1.97 bits per heavy atom. The quantitative estimate of drug-likeness (QED) is 0.596. The average Bonchev–Trinajstić information content (AvgIpc) is 3.48. The summed E-state index contributed by atoms with van der Waals surface area (Å²) in [5.41, 5.74) is 3.14. The van der Waals surface area contributed by atoms with Crippen molar-refractivity contribution < 1.29 is 18.7 Å². The lowest BCUT2D eigenvalue weighted by Gasteiger charge is -2.26. The van der Waals surface area contributed by atoms with Gasteiger partial charge in [-0.25, -0.2) is 0 Å². The van der Waals surface area contributed by atoms with E-state index in [1.165, 1.54) is 6.26 Å². The molecule has 2 aromatic carbocycles. The number of carbonyl (C=O) groups excluding carboxylic acids is 2. The molecule has 2 amide bonds. The van der Waals surface area contributed by atoms with Gasteiger partial charge < -0.3 is 19.4 Å². The van der Waals surface area contributed by atoms with Crippen LogP contribution in [0.1, 0.15) is 57.8 Å². The van der Waals surface area contributed by atoms with Crippen molar-refractivity contribution in [2.75, 3.05) is 18.5 Å². The second-order valence-corrected chi connectivity index (χ2v) is 7.62. The van der Waals surface area contributed by atoms with Crippen molar-refractivity contribution >= 4 is 17.5 Å². The van der Waals surface area contributed by atoms with Crippen LogP contribution in [0.4, 0.5) is 5.69 Å². The number of carbonyl (C=O) groups is 2. The van der Waals surface area contributed by atoms with Gasteiger partial charge in [0, 0.05) is 17.8 Å². The molecule has 0 unspecified atom stereocenters. The van der Waals surface area contributed by atoms with Crippen LogP contribution >= 0.6 is 0 Å². The molecule has 1 fully saturated rings. The van der Waals surface area contributed by atoms with Gasteiger partial charge in [-0.2, -0.15) is 0 Å². The van der Waals surface area contributed by atoms with Gasteiger partial charge in [0.25, 0.3) is 11.8 Å².